The highest BCUT2D eigenvalue weighted by Gasteiger charge is 2.45. The number of para-hydroxylation sites is 2. The van der Waals surface area contributed by atoms with Crippen LogP contribution in [0.2, 0.25) is 0 Å². The largest absolute Gasteiger partial charge is 0.476 e. The second-order valence-corrected chi connectivity index (χ2v) is 12.4. The van der Waals surface area contributed by atoms with Crippen LogP contribution in [-0.4, -0.2) is 69.7 Å². The van der Waals surface area contributed by atoms with Crippen LogP contribution in [0, 0.1) is 11.8 Å². The lowest BCUT2D eigenvalue weighted by molar-refractivity contribution is -0.129. The number of fused-ring (bicyclic) bond motifs is 5. The zero-order valence-electron chi connectivity index (χ0n) is 23.5. The topological polar surface area (TPSA) is 106 Å². The Bertz CT molecular complexity index is 1280. The molecule has 1 aromatic heterocycles. The van der Waals surface area contributed by atoms with Gasteiger partial charge in [0.05, 0.1) is 17.6 Å². The lowest BCUT2D eigenvalue weighted by Gasteiger charge is -2.54. The third-order valence-corrected chi connectivity index (χ3v) is 9.90. The summed E-state index contributed by atoms with van der Waals surface area (Å²) in [6, 6.07) is 9.09. The Balaban J connectivity index is 1.33. The van der Waals surface area contributed by atoms with Crippen molar-refractivity contribution in [1.82, 2.24) is 14.5 Å². The number of piperidine rings is 2. The molecular formula is C31H42N4O5. The molecular weight excluding hydrogens is 508 g/mol. The third kappa shape index (κ3) is 5.42. The molecule has 3 heterocycles. The van der Waals surface area contributed by atoms with E-state index in [-0.39, 0.29) is 24.9 Å². The van der Waals surface area contributed by atoms with Crippen molar-refractivity contribution in [2.45, 2.75) is 101 Å². The average molecular weight is 551 g/mol. The van der Waals surface area contributed by atoms with Crippen molar-refractivity contribution in [2.75, 3.05) is 20.3 Å². The molecule has 2 aromatic rings. The van der Waals surface area contributed by atoms with Crippen molar-refractivity contribution in [1.29, 1.82) is 0 Å². The molecule has 0 unspecified atom stereocenters. The van der Waals surface area contributed by atoms with E-state index in [0.717, 1.165) is 30.2 Å². The first-order valence-corrected chi connectivity index (χ1v) is 15.2. The van der Waals surface area contributed by atoms with Crippen LogP contribution in [0.5, 0.6) is 0 Å². The van der Waals surface area contributed by atoms with Crippen LogP contribution in [0.1, 0.15) is 88.8 Å². The average Bonchev–Trinajstić information content (AvgIpc) is 3.11. The Morgan fingerprint density at radius 1 is 0.925 bits per heavy atom. The molecule has 4 aliphatic rings. The van der Waals surface area contributed by atoms with E-state index in [1.165, 1.54) is 71.3 Å². The summed E-state index contributed by atoms with van der Waals surface area (Å²) in [5.74, 6) is 0.409. The lowest BCUT2D eigenvalue weighted by atomic mass is 9.73. The number of hydrogen-bond donors (Lipinski definition) is 1. The van der Waals surface area contributed by atoms with Gasteiger partial charge in [-0.1, -0.05) is 49.4 Å². The number of hydrogen-bond acceptors (Lipinski definition) is 7. The Morgan fingerprint density at radius 2 is 1.62 bits per heavy atom. The van der Waals surface area contributed by atoms with Crippen LogP contribution < -0.4 is 5.56 Å². The van der Waals surface area contributed by atoms with Crippen LogP contribution in [0.15, 0.2) is 34.2 Å². The summed E-state index contributed by atoms with van der Waals surface area (Å²) in [4.78, 5) is 38.8. The molecule has 1 aromatic carbocycles. The van der Waals surface area contributed by atoms with E-state index in [0.29, 0.717) is 23.6 Å². The van der Waals surface area contributed by atoms with Crippen molar-refractivity contribution in [3.63, 3.8) is 0 Å². The SMILES string of the molecule is COCCO/N=C(\C(=O)O)c1nc2ccccc2n([C@H]2C[C@H]3CCC[C@@H](C2)N3[C@@H]2C[C@@H]3CCCC[C@@H](C3)C2)c1=O. The molecule has 2 aliphatic carbocycles. The molecule has 6 atom stereocenters. The minimum atomic E-state index is -1.34. The van der Waals surface area contributed by atoms with Gasteiger partial charge in [0.15, 0.2) is 5.69 Å². The van der Waals surface area contributed by atoms with Crippen LogP contribution in [0.3, 0.4) is 0 Å². The summed E-state index contributed by atoms with van der Waals surface area (Å²) in [6.45, 7) is 0.343. The maximum atomic E-state index is 14.1. The number of carboxylic acid groups (broad SMARTS) is 1. The van der Waals surface area contributed by atoms with Gasteiger partial charge in [-0.25, -0.2) is 9.78 Å². The van der Waals surface area contributed by atoms with E-state index in [4.69, 9.17) is 9.57 Å². The Hall–Kier alpha value is -2.78. The van der Waals surface area contributed by atoms with Crippen molar-refractivity contribution >= 4 is 22.7 Å². The van der Waals surface area contributed by atoms with E-state index < -0.39 is 17.2 Å². The maximum absolute atomic E-state index is 14.1. The minimum absolute atomic E-state index is 0.0129. The molecule has 216 valence electrons. The fraction of sp³-hybridized carbons (Fsp3) is 0.677. The van der Waals surface area contributed by atoms with E-state index in [1.54, 1.807) is 0 Å². The number of carboxylic acids is 1. The summed E-state index contributed by atoms with van der Waals surface area (Å²) in [5.41, 5.74) is 0.291. The van der Waals surface area contributed by atoms with Gasteiger partial charge in [0.1, 0.15) is 6.61 Å². The van der Waals surface area contributed by atoms with Gasteiger partial charge in [0.25, 0.3) is 5.56 Å². The molecule has 0 spiro atoms. The van der Waals surface area contributed by atoms with Crippen LogP contribution in [0.4, 0.5) is 0 Å². The van der Waals surface area contributed by atoms with Gasteiger partial charge in [0, 0.05) is 31.3 Å². The highest BCUT2D eigenvalue weighted by Crippen LogP contribution is 2.47. The van der Waals surface area contributed by atoms with Gasteiger partial charge in [-0.15, -0.1) is 0 Å². The Morgan fingerprint density at radius 3 is 2.30 bits per heavy atom. The van der Waals surface area contributed by atoms with Crippen LogP contribution in [0.25, 0.3) is 11.0 Å². The standard InChI is InChI=1S/C31H42N4O5/c1-39-13-14-40-33-29(31(37)38)28-30(36)35(27-12-5-4-11-26(27)32-28)25-18-22-9-6-10-23(19-25)34(22)24-16-20-7-2-3-8-21(15-20)17-24/h4-5,11-12,20-25H,2-3,6-10,13-19H2,1H3,(H,37,38)/b33-29-/t20-,21+,22-,23+,24-,25+. The number of aliphatic carboxylic acids is 1. The number of benzene rings is 1. The van der Waals surface area contributed by atoms with E-state index >= 15 is 0 Å². The van der Waals surface area contributed by atoms with Gasteiger partial charge < -0.3 is 19.2 Å². The summed E-state index contributed by atoms with van der Waals surface area (Å²) in [5, 5.41) is 13.7. The number of methoxy groups -OCH3 is 1. The normalized spacial score (nSPS) is 31.1. The summed E-state index contributed by atoms with van der Waals surface area (Å²) >= 11 is 0. The smallest absolute Gasteiger partial charge is 0.360 e. The second-order valence-electron chi connectivity index (χ2n) is 12.4. The van der Waals surface area contributed by atoms with Crippen molar-refractivity contribution < 1.29 is 19.5 Å². The van der Waals surface area contributed by atoms with E-state index in [1.807, 2.05) is 28.8 Å². The third-order valence-electron chi connectivity index (χ3n) is 9.90. The summed E-state index contributed by atoms with van der Waals surface area (Å²) in [7, 11) is 1.52. The molecule has 4 bridgehead atoms. The van der Waals surface area contributed by atoms with Crippen molar-refractivity contribution in [2.24, 2.45) is 17.0 Å². The predicted molar refractivity (Wildman–Crippen MR) is 153 cm³/mol. The van der Waals surface area contributed by atoms with E-state index in [9.17, 15) is 14.7 Å². The molecule has 9 nitrogen and oxygen atoms in total. The summed E-state index contributed by atoms with van der Waals surface area (Å²) < 4.78 is 6.79. The van der Waals surface area contributed by atoms with E-state index in [2.05, 4.69) is 15.0 Å². The number of oxime groups is 1. The first-order chi connectivity index (χ1) is 19.5. The number of nitrogens with zero attached hydrogens (tertiary/aromatic N) is 4. The van der Waals surface area contributed by atoms with Gasteiger partial charge in [-0.05, 0) is 68.9 Å². The second kappa shape index (κ2) is 12.0. The molecule has 2 saturated carbocycles. The molecule has 2 saturated heterocycles. The zero-order valence-corrected chi connectivity index (χ0v) is 23.5. The molecule has 0 amide bonds. The van der Waals surface area contributed by atoms with Gasteiger partial charge >= 0.3 is 5.97 Å². The van der Waals surface area contributed by atoms with Gasteiger partial charge in [-0.3, -0.25) is 9.69 Å². The van der Waals surface area contributed by atoms with Crippen LogP contribution in [-0.2, 0) is 14.4 Å². The molecule has 0 radical (unpaired) electrons. The number of ether oxygens (including phenoxy) is 1. The summed E-state index contributed by atoms with van der Waals surface area (Å²) in [6.07, 6.45) is 15.0. The number of aromatic nitrogens is 2. The fourth-order valence-electron chi connectivity index (χ4n) is 8.39. The molecule has 2 aliphatic heterocycles. The van der Waals surface area contributed by atoms with Crippen molar-refractivity contribution in [3.8, 4) is 0 Å². The quantitative estimate of drug-likeness (QED) is 0.287. The fourth-order valence-corrected chi connectivity index (χ4v) is 8.39. The van der Waals surface area contributed by atoms with Crippen molar-refractivity contribution in [3.05, 3.63) is 40.3 Å². The van der Waals surface area contributed by atoms with Crippen LogP contribution >= 0.6 is 0 Å². The molecule has 40 heavy (non-hydrogen) atoms. The first kappa shape index (κ1) is 27.4. The molecule has 4 fully saturated rings. The maximum Gasteiger partial charge on any atom is 0.360 e. The molecule has 9 heteroatoms. The van der Waals surface area contributed by atoms with Gasteiger partial charge in [-0.2, -0.15) is 0 Å². The zero-order chi connectivity index (χ0) is 27.6. The molecule has 6 rings (SSSR count). The Labute approximate surface area is 235 Å². The predicted octanol–water partition coefficient (Wildman–Crippen LogP) is 4.77. The minimum Gasteiger partial charge on any atom is -0.476 e. The monoisotopic (exact) mass is 550 g/mol. The molecule has 1 N–H and O–H groups in total. The highest BCUT2D eigenvalue weighted by molar-refractivity contribution is 6.41. The highest BCUT2D eigenvalue weighted by atomic mass is 16.6. The lowest BCUT2D eigenvalue weighted by Crippen LogP contribution is -2.58. The number of carbonyl (C=O) groups is 1. The first-order valence-electron chi connectivity index (χ1n) is 15.2. The Kier molecular flexibility index (Phi) is 8.21. The number of rotatable bonds is 8. The van der Waals surface area contributed by atoms with Gasteiger partial charge in [0.2, 0.25) is 5.71 Å².